The molecule has 0 aromatic carbocycles. The van der Waals surface area contributed by atoms with Gasteiger partial charge in [-0.05, 0) is 37.5 Å². The molecule has 1 N–H and O–H groups in total. The average Bonchev–Trinajstić information content (AvgIpc) is 2.95. The largest absolute Gasteiger partial charge is 0.381 e. The molecular weight excluding hydrogens is 276 g/mol. The molecular formula is C17H24N4O. The lowest BCUT2D eigenvalue weighted by atomic mass is 10.1. The molecule has 0 spiro atoms. The van der Waals surface area contributed by atoms with E-state index in [4.69, 9.17) is 4.74 Å². The molecule has 0 unspecified atom stereocenters. The van der Waals surface area contributed by atoms with Gasteiger partial charge in [-0.3, -0.25) is 0 Å². The summed E-state index contributed by atoms with van der Waals surface area (Å²) in [5.41, 5.74) is 1.91. The Kier molecular flexibility index (Phi) is 5.06. The molecule has 22 heavy (non-hydrogen) atoms. The number of anilines is 1. The first-order valence-electron chi connectivity index (χ1n) is 8.22. The van der Waals surface area contributed by atoms with Gasteiger partial charge < -0.3 is 10.1 Å². The standard InChI is InChI=1S/C17H24N4O/c1-2-3-4-5-6-15-13-18-17-8-7-16(20-21(15)17)19-14-9-11-22-12-10-14/h5-8,13-14H,2-4,9-12H2,1H3,(H,19,20)/b6-5+. The van der Waals surface area contributed by atoms with Gasteiger partial charge in [0.1, 0.15) is 5.82 Å². The van der Waals surface area contributed by atoms with Gasteiger partial charge in [-0.1, -0.05) is 25.8 Å². The molecule has 0 aliphatic carbocycles. The number of nitrogens with one attached hydrogen (secondary N) is 1. The van der Waals surface area contributed by atoms with E-state index in [1.807, 2.05) is 22.8 Å². The van der Waals surface area contributed by atoms with Crippen molar-refractivity contribution in [2.24, 2.45) is 0 Å². The first-order chi connectivity index (χ1) is 10.9. The minimum atomic E-state index is 0.450. The van der Waals surface area contributed by atoms with E-state index in [1.54, 1.807) is 0 Å². The van der Waals surface area contributed by atoms with Crippen LogP contribution >= 0.6 is 0 Å². The highest BCUT2D eigenvalue weighted by Gasteiger charge is 2.14. The molecule has 1 aliphatic rings. The molecule has 3 rings (SSSR count). The number of ether oxygens (including phenoxy) is 1. The number of imidazole rings is 1. The van der Waals surface area contributed by atoms with Crippen LogP contribution in [0, 0.1) is 0 Å². The van der Waals surface area contributed by atoms with Crippen molar-refractivity contribution in [1.82, 2.24) is 14.6 Å². The topological polar surface area (TPSA) is 51.5 Å². The number of aromatic nitrogens is 3. The fourth-order valence-corrected chi connectivity index (χ4v) is 2.66. The number of nitrogens with zero attached hydrogens (tertiary/aromatic N) is 3. The SMILES string of the molecule is CCCC/C=C/c1cnc2ccc(NC3CCOCC3)nn12. The van der Waals surface area contributed by atoms with E-state index >= 15 is 0 Å². The minimum Gasteiger partial charge on any atom is -0.381 e. The molecule has 0 saturated carbocycles. The van der Waals surface area contributed by atoms with Crippen molar-refractivity contribution >= 4 is 17.5 Å². The quantitative estimate of drug-likeness (QED) is 0.829. The van der Waals surface area contributed by atoms with Crippen LogP contribution in [-0.2, 0) is 4.74 Å². The van der Waals surface area contributed by atoms with Crippen LogP contribution in [0.3, 0.4) is 0 Å². The Morgan fingerprint density at radius 3 is 3.05 bits per heavy atom. The smallest absolute Gasteiger partial charge is 0.154 e. The zero-order valence-corrected chi connectivity index (χ0v) is 13.2. The van der Waals surface area contributed by atoms with Crippen molar-refractivity contribution in [3.63, 3.8) is 0 Å². The maximum atomic E-state index is 5.39. The van der Waals surface area contributed by atoms with E-state index in [1.165, 1.54) is 12.8 Å². The van der Waals surface area contributed by atoms with E-state index in [0.29, 0.717) is 6.04 Å². The number of hydrogen-bond donors (Lipinski definition) is 1. The number of unbranched alkanes of at least 4 members (excludes halogenated alkanes) is 2. The van der Waals surface area contributed by atoms with E-state index in [2.05, 4.69) is 34.5 Å². The van der Waals surface area contributed by atoms with Crippen LogP contribution in [0.15, 0.2) is 24.4 Å². The van der Waals surface area contributed by atoms with E-state index in [0.717, 1.165) is 49.6 Å². The number of rotatable bonds is 6. The maximum Gasteiger partial charge on any atom is 0.154 e. The fraction of sp³-hybridized carbons (Fsp3) is 0.529. The van der Waals surface area contributed by atoms with Crippen molar-refractivity contribution in [2.45, 2.75) is 45.1 Å². The first-order valence-corrected chi connectivity index (χ1v) is 8.22. The molecule has 2 aromatic rings. The Bertz CT molecular complexity index is 629. The third-order valence-electron chi connectivity index (χ3n) is 3.97. The minimum absolute atomic E-state index is 0.450. The van der Waals surface area contributed by atoms with Gasteiger partial charge in [0.05, 0.1) is 11.9 Å². The maximum absolute atomic E-state index is 5.39. The summed E-state index contributed by atoms with van der Waals surface area (Å²) >= 11 is 0. The highest BCUT2D eigenvalue weighted by Crippen LogP contribution is 2.15. The summed E-state index contributed by atoms with van der Waals surface area (Å²) in [6.07, 6.45) is 11.8. The van der Waals surface area contributed by atoms with Crippen molar-refractivity contribution < 1.29 is 4.74 Å². The molecule has 0 radical (unpaired) electrons. The molecule has 118 valence electrons. The molecule has 0 bridgehead atoms. The Morgan fingerprint density at radius 1 is 1.36 bits per heavy atom. The van der Waals surface area contributed by atoms with Crippen LogP contribution in [0.4, 0.5) is 5.82 Å². The highest BCUT2D eigenvalue weighted by molar-refractivity contribution is 5.53. The van der Waals surface area contributed by atoms with E-state index in [9.17, 15) is 0 Å². The molecule has 1 saturated heterocycles. The lowest BCUT2D eigenvalue weighted by Gasteiger charge is -2.23. The zero-order valence-electron chi connectivity index (χ0n) is 13.2. The Balaban J connectivity index is 1.74. The van der Waals surface area contributed by atoms with Gasteiger partial charge in [-0.25, -0.2) is 9.50 Å². The third kappa shape index (κ3) is 3.65. The van der Waals surface area contributed by atoms with Crippen molar-refractivity contribution in [3.05, 3.63) is 30.1 Å². The van der Waals surface area contributed by atoms with Crippen molar-refractivity contribution in [3.8, 4) is 0 Å². The Hall–Kier alpha value is -1.88. The van der Waals surface area contributed by atoms with Crippen LogP contribution < -0.4 is 5.32 Å². The predicted octanol–water partition coefficient (Wildman–Crippen LogP) is 3.52. The molecule has 5 heteroatoms. The molecule has 5 nitrogen and oxygen atoms in total. The van der Waals surface area contributed by atoms with Gasteiger partial charge in [0, 0.05) is 19.3 Å². The second kappa shape index (κ2) is 7.40. The van der Waals surface area contributed by atoms with Gasteiger partial charge in [0.15, 0.2) is 5.65 Å². The lowest BCUT2D eigenvalue weighted by Crippen LogP contribution is -2.28. The monoisotopic (exact) mass is 300 g/mol. The van der Waals surface area contributed by atoms with Crippen LogP contribution in [-0.4, -0.2) is 33.9 Å². The summed E-state index contributed by atoms with van der Waals surface area (Å²) < 4.78 is 7.30. The summed E-state index contributed by atoms with van der Waals surface area (Å²) in [4.78, 5) is 4.41. The second-order valence-corrected chi connectivity index (χ2v) is 5.75. The first kappa shape index (κ1) is 15.0. The van der Waals surface area contributed by atoms with Gasteiger partial charge in [-0.2, -0.15) is 0 Å². The normalized spacial score (nSPS) is 16.6. The second-order valence-electron chi connectivity index (χ2n) is 5.75. The fourth-order valence-electron chi connectivity index (χ4n) is 2.66. The molecule has 0 amide bonds. The predicted molar refractivity (Wildman–Crippen MR) is 89.0 cm³/mol. The Morgan fingerprint density at radius 2 is 2.23 bits per heavy atom. The highest BCUT2D eigenvalue weighted by atomic mass is 16.5. The van der Waals surface area contributed by atoms with Crippen LogP contribution in [0.1, 0.15) is 44.7 Å². The van der Waals surface area contributed by atoms with Gasteiger partial charge in [0.25, 0.3) is 0 Å². The molecule has 0 atom stereocenters. The van der Waals surface area contributed by atoms with E-state index in [-0.39, 0.29) is 0 Å². The molecule has 3 heterocycles. The van der Waals surface area contributed by atoms with Crippen molar-refractivity contribution in [2.75, 3.05) is 18.5 Å². The van der Waals surface area contributed by atoms with Crippen LogP contribution in [0.2, 0.25) is 0 Å². The van der Waals surface area contributed by atoms with Gasteiger partial charge in [0.2, 0.25) is 0 Å². The summed E-state index contributed by atoms with van der Waals surface area (Å²) in [5, 5.41) is 8.18. The number of fused-ring (bicyclic) bond motifs is 1. The van der Waals surface area contributed by atoms with Crippen molar-refractivity contribution in [1.29, 1.82) is 0 Å². The summed E-state index contributed by atoms with van der Waals surface area (Å²) in [5.74, 6) is 0.903. The average molecular weight is 300 g/mol. The molecule has 1 aliphatic heterocycles. The van der Waals surface area contributed by atoms with Crippen LogP contribution in [0.5, 0.6) is 0 Å². The summed E-state index contributed by atoms with van der Waals surface area (Å²) in [6.45, 7) is 3.87. The number of hydrogen-bond acceptors (Lipinski definition) is 4. The molecule has 1 fully saturated rings. The van der Waals surface area contributed by atoms with Gasteiger partial charge >= 0.3 is 0 Å². The summed E-state index contributed by atoms with van der Waals surface area (Å²) in [6, 6.07) is 4.46. The lowest BCUT2D eigenvalue weighted by molar-refractivity contribution is 0.0903. The Labute approximate surface area is 131 Å². The summed E-state index contributed by atoms with van der Waals surface area (Å²) in [7, 11) is 0. The van der Waals surface area contributed by atoms with Gasteiger partial charge in [-0.15, -0.1) is 5.10 Å². The third-order valence-corrected chi connectivity index (χ3v) is 3.97. The van der Waals surface area contributed by atoms with E-state index < -0.39 is 0 Å². The van der Waals surface area contributed by atoms with Crippen LogP contribution in [0.25, 0.3) is 11.7 Å². The zero-order chi connectivity index (χ0) is 15.2. The number of allylic oxidation sites excluding steroid dienone is 1. The molecule has 2 aromatic heterocycles.